The molecule has 0 fully saturated rings. The van der Waals surface area contributed by atoms with E-state index in [0.29, 0.717) is 5.82 Å². The fourth-order valence-corrected chi connectivity index (χ4v) is 2.03. The Bertz CT molecular complexity index is 634. The first-order valence-corrected chi connectivity index (χ1v) is 7.65. The molecule has 0 unspecified atom stereocenters. The lowest BCUT2D eigenvalue weighted by molar-refractivity contribution is 0.372. The highest BCUT2D eigenvalue weighted by Gasteiger charge is 2.09. The van der Waals surface area contributed by atoms with Gasteiger partial charge in [-0.05, 0) is 36.1 Å². The first-order chi connectivity index (χ1) is 10.9. The number of hydrogen-bond donors (Lipinski definition) is 3. The van der Waals surface area contributed by atoms with E-state index in [4.69, 9.17) is 10.5 Å². The summed E-state index contributed by atoms with van der Waals surface area (Å²) in [6, 6.07) is 9.53. The first kappa shape index (κ1) is 17.0. The summed E-state index contributed by atoms with van der Waals surface area (Å²) in [5, 5.41) is 0. The topological polar surface area (TPSA) is 85.1 Å². The first-order valence-electron chi connectivity index (χ1n) is 7.65. The predicted molar refractivity (Wildman–Crippen MR) is 94.1 cm³/mol. The zero-order valence-corrected chi connectivity index (χ0v) is 14.2. The van der Waals surface area contributed by atoms with Crippen molar-refractivity contribution in [1.82, 2.24) is 15.4 Å². The number of aromatic nitrogens is 2. The van der Waals surface area contributed by atoms with Gasteiger partial charge < -0.3 is 15.9 Å². The second-order valence-electron chi connectivity index (χ2n) is 6.59. The zero-order valence-electron chi connectivity index (χ0n) is 14.2. The molecule has 6 heteroatoms. The number of ether oxygens (including phenoxy) is 1. The predicted octanol–water partition coefficient (Wildman–Crippen LogP) is 3.09. The van der Waals surface area contributed by atoms with E-state index in [9.17, 15) is 0 Å². The molecule has 0 aliphatic carbocycles. The SMILES string of the molecule is COc1ccc(-c2cc(NNCCC(C)(C)C)nc(N)n2)cc1. The fourth-order valence-electron chi connectivity index (χ4n) is 2.03. The minimum Gasteiger partial charge on any atom is -0.497 e. The average molecular weight is 315 g/mol. The summed E-state index contributed by atoms with van der Waals surface area (Å²) in [6.07, 6.45) is 1.05. The van der Waals surface area contributed by atoms with Gasteiger partial charge in [0.15, 0.2) is 0 Å². The van der Waals surface area contributed by atoms with Crippen molar-refractivity contribution in [3.63, 3.8) is 0 Å². The van der Waals surface area contributed by atoms with E-state index in [-0.39, 0.29) is 11.4 Å². The Kier molecular flexibility index (Phi) is 5.39. The Morgan fingerprint density at radius 1 is 1.13 bits per heavy atom. The van der Waals surface area contributed by atoms with Crippen molar-refractivity contribution in [2.45, 2.75) is 27.2 Å². The summed E-state index contributed by atoms with van der Waals surface area (Å²) in [4.78, 5) is 8.48. The van der Waals surface area contributed by atoms with Crippen LogP contribution in [0.4, 0.5) is 11.8 Å². The number of nitrogens with two attached hydrogens (primary N) is 1. The van der Waals surface area contributed by atoms with Crippen molar-refractivity contribution in [3.8, 4) is 17.0 Å². The molecular weight excluding hydrogens is 290 g/mol. The molecule has 0 saturated carbocycles. The summed E-state index contributed by atoms with van der Waals surface area (Å²) >= 11 is 0. The van der Waals surface area contributed by atoms with Crippen LogP contribution in [0.15, 0.2) is 30.3 Å². The highest BCUT2D eigenvalue weighted by atomic mass is 16.5. The molecule has 1 heterocycles. The quantitative estimate of drug-likeness (QED) is 0.561. The molecule has 23 heavy (non-hydrogen) atoms. The van der Waals surface area contributed by atoms with Crippen LogP contribution in [0.2, 0.25) is 0 Å². The summed E-state index contributed by atoms with van der Waals surface area (Å²) < 4.78 is 5.17. The Morgan fingerprint density at radius 3 is 2.43 bits per heavy atom. The molecular formula is C17H25N5O. The molecule has 2 rings (SSSR count). The molecule has 0 atom stereocenters. The number of methoxy groups -OCH3 is 1. The van der Waals surface area contributed by atoms with Crippen LogP contribution in [-0.2, 0) is 0 Å². The molecule has 0 bridgehead atoms. The van der Waals surface area contributed by atoms with Gasteiger partial charge in [-0.15, -0.1) is 0 Å². The standard InChI is InChI=1S/C17H25N5O/c1-17(2,3)9-10-19-22-15-11-14(20-16(18)21-15)12-5-7-13(23-4)8-6-12/h5-8,11,19H,9-10H2,1-4H3,(H3,18,20,21,22). The van der Waals surface area contributed by atoms with Crippen LogP contribution in [0.5, 0.6) is 5.75 Å². The van der Waals surface area contributed by atoms with Crippen molar-refractivity contribution in [3.05, 3.63) is 30.3 Å². The fraction of sp³-hybridized carbons (Fsp3) is 0.412. The Balaban J connectivity index is 2.06. The van der Waals surface area contributed by atoms with Crippen molar-refractivity contribution in [2.75, 3.05) is 24.8 Å². The maximum Gasteiger partial charge on any atom is 0.222 e. The van der Waals surface area contributed by atoms with E-state index in [1.807, 2.05) is 30.3 Å². The second kappa shape index (κ2) is 7.28. The monoisotopic (exact) mass is 315 g/mol. The Hall–Kier alpha value is -2.34. The molecule has 0 spiro atoms. The summed E-state index contributed by atoms with van der Waals surface area (Å²) in [5.74, 6) is 1.69. The number of nitrogen functional groups attached to an aromatic ring is 1. The van der Waals surface area contributed by atoms with E-state index < -0.39 is 0 Å². The van der Waals surface area contributed by atoms with Crippen LogP contribution in [0.3, 0.4) is 0 Å². The number of hydrogen-bond acceptors (Lipinski definition) is 6. The highest BCUT2D eigenvalue weighted by molar-refractivity contribution is 5.64. The average Bonchev–Trinajstić information content (AvgIpc) is 2.50. The lowest BCUT2D eigenvalue weighted by atomic mass is 9.93. The molecule has 2 aromatic rings. The van der Waals surface area contributed by atoms with Gasteiger partial charge in [-0.2, -0.15) is 4.98 Å². The molecule has 0 aliphatic rings. The van der Waals surface area contributed by atoms with E-state index in [1.165, 1.54) is 0 Å². The van der Waals surface area contributed by atoms with Crippen LogP contribution in [0.25, 0.3) is 11.3 Å². The molecule has 0 aliphatic heterocycles. The maximum absolute atomic E-state index is 5.81. The Morgan fingerprint density at radius 2 is 1.83 bits per heavy atom. The van der Waals surface area contributed by atoms with Gasteiger partial charge in [-0.3, -0.25) is 0 Å². The minimum atomic E-state index is 0.235. The van der Waals surface area contributed by atoms with Crippen molar-refractivity contribution >= 4 is 11.8 Å². The zero-order chi connectivity index (χ0) is 16.9. The van der Waals surface area contributed by atoms with Gasteiger partial charge >= 0.3 is 0 Å². The minimum absolute atomic E-state index is 0.235. The molecule has 0 radical (unpaired) electrons. The molecule has 4 N–H and O–H groups in total. The summed E-state index contributed by atoms with van der Waals surface area (Å²) in [7, 11) is 1.64. The summed E-state index contributed by atoms with van der Waals surface area (Å²) in [6.45, 7) is 7.46. The van der Waals surface area contributed by atoms with E-state index >= 15 is 0 Å². The number of anilines is 2. The Labute approximate surface area is 137 Å². The van der Waals surface area contributed by atoms with Crippen LogP contribution >= 0.6 is 0 Å². The van der Waals surface area contributed by atoms with Gasteiger partial charge in [0.1, 0.15) is 11.6 Å². The van der Waals surface area contributed by atoms with Crippen LogP contribution < -0.4 is 21.3 Å². The van der Waals surface area contributed by atoms with Crippen LogP contribution in [-0.4, -0.2) is 23.6 Å². The van der Waals surface area contributed by atoms with Gasteiger partial charge in [0.05, 0.1) is 12.8 Å². The summed E-state index contributed by atoms with van der Waals surface area (Å²) in [5.41, 5.74) is 14.1. The second-order valence-corrected chi connectivity index (χ2v) is 6.59. The third-order valence-electron chi connectivity index (χ3n) is 3.35. The number of nitrogens with one attached hydrogen (secondary N) is 2. The van der Waals surface area contributed by atoms with Crippen molar-refractivity contribution < 1.29 is 4.74 Å². The van der Waals surface area contributed by atoms with E-state index in [0.717, 1.165) is 30.0 Å². The number of benzene rings is 1. The van der Waals surface area contributed by atoms with Crippen LogP contribution in [0.1, 0.15) is 27.2 Å². The molecule has 124 valence electrons. The van der Waals surface area contributed by atoms with Gasteiger partial charge in [0.2, 0.25) is 5.95 Å². The maximum atomic E-state index is 5.81. The number of hydrazine groups is 1. The third kappa shape index (κ3) is 5.41. The van der Waals surface area contributed by atoms with Gasteiger partial charge in [0, 0.05) is 18.2 Å². The van der Waals surface area contributed by atoms with Gasteiger partial charge in [0.25, 0.3) is 0 Å². The number of nitrogens with zero attached hydrogens (tertiary/aromatic N) is 2. The lowest BCUT2D eigenvalue weighted by Crippen LogP contribution is -2.26. The van der Waals surface area contributed by atoms with Crippen molar-refractivity contribution in [1.29, 1.82) is 0 Å². The van der Waals surface area contributed by atoms with Crippen LogP contribution in [0, 0.1) is 5.41 Å². The molecule has 1 aromatic carbocycles. The van der Waals surface area contributed by atoms with E-state index in [1.54, 1.807) is 7.11 Å². The van der Waals surface area contributed by atoms with Gasteiger partial charge in [-0.25, -0.2) is 10.4 Å². The number of rotatable bonds is 6. The van der Waals surface area contributed by atoms with Crippen molar-refractivity contribution in [2.24, 2.45) is 5.41 Å². The third-order valence-corrected chi connectivity index (χ3v) is 3.35. The normalized spacial score (nSPS) is 11.3. The smallest absolute Gasteiger partial charge is 0.222 e. The molecule has 0 saturated heterocycles. The van der Waals surface area contributed by atoms with E-state index in [2.05, 4.69) is 41.6 Å². The van der Waals surface area contributed by atoms with Gasteiger partial charge in [-0.1, -0.05) is 20.8 Å². The molecule has 6 nitrogen and oxygen atoms in total. The molecule has 1 aromatic heterocycles. The molecule has 0 amide bonds. The largest absolute Gasteiger partial charge is 0.497 e. The lowest BCUT2D eigenvalue weighted by Gasteiger charge is -2.18. The highest BCUT2D eigenvalue weighted by Crippen LogP contribution is 2.23.